The molecule has 1 aromatic rings. The molecule has 4 nitrogen and oxygen atoms in total. The molecule has 0 amide bonds. The summed E-state index contributed by atoms with van der Waals surface area (Å²) in [6.45, 7) is 2.38. The molecule has 0 radical (unpaired) electrons. The SMILES string of the molecule is ClC(Cl)(Cl)c1nsc(C2CNCCCO2)n1. The molecule has 8 heteroatoms. The summed E-state index contributed by atoms with van der Waals surface area (Å²) in [7, 11) is 0. The fourth-order valence-electron chi connectivity index (χ4n) is 1.35. The number of nitrogens with zero attached hydrogens (tertiary/aromatic N) is 2. The quantitative estimate of drug-likeness (QED) is 0.809. The van der Waals surface area contributed by atoms with Crippen molar-refractivity contribution in [2.45, 2.75) is 16.3 Å². The number of rotatable bonds is 1. The minimum absolute atomic E-state index is 0.0962. The predicted molar refractivity (Wildman–Crippen MR) is 65.3 cm³/mol. The highest BCUT2D eigenvalue weighted by Gasteiger charge is 2.30. The molecular weight excluding hydrogens is 293 g/mol. The number of hydrogen-bond donors (Lipinski definition) is 1. The highest BCUT2D eigenvalue weighted by Crippen LogP contribution is 2.37. The van der Waals surface area contributed by atoms with E-state index in [9.17, 15) is 0 Å². The molecule has 0 bridgehead atoms. The third kappa shape index (κ3) is 3.18. The first-order chi connectivity index (χ1) is 7.57. The van der Waals surface area contributed by atoms with E-state index in [1.165, 1.54) is 11.5 Å². The molecule has 2 rings (SSSR count). The zero-order valence-electron chi connectivity index (χ0n) is 8.25. The number of nitrogens with one attached hydrogen (secondary N) is 1. The van der Waals surface area contributed by atoms with Crippen LogP contribution in [0.1, 0.15) is 23.4 Å². The third-order valence-corrected chi connectivity index (χ3v) is 3.43. The van der Waals surface area contributed by atoms with Gasteiger partial charge in [-0.15, -0.1) is 0 Å². The smallest absolute Gasteiger partial charge is 0.251 e. The first-order valence-corrected chi connectivity index (χ1v) is 6.71. The molecule has 0 saturated carbocycles. The van der Waals surface area contributed by atoms with Crippen LogP contribution in [0.15, 0.2) is 0 Å². The highest BCUT2D eigenvalue weighted by molar-refractivity contribution is 7.05. The number of ether oxygens (including phenoxy) is 1. The van der Waals surface area contributed by atoms with Gasteiger partial charge >= 0.3 is 0 Å². The minimum Gasteiger partial charge on any atom is -0.370 e. The van der Waals surface area contributed by atoms with Gasteiger partial charge in [-0.2, -0.15) is 4.37 Å². The van der Waals surface area contributed by atoms with Crippen molar-refractivity contribution in [3.63, 3.8) is 0 Å². The maximum Gasteiger partial charge on any atom is 0.251 e. The maximum atomic E-state index is 5.70. The first-order valence-electron chi connectivity index (χ1n) is 4.80. The van der Waals surface area contributed by atoms with E-state index in [-0.39, 0.29) is 11.9 Å². The molecule has 90 valence electrons. The van der Waals surface area contributed by atoms with Crippen LogP contribution in [-0.4, -0.2) is 29.1 Å². The van der Waals surface area contributed by atoms with Crippen molar-refractivity contribution in [1.29, 1.82) is 0 Å². The summed E-state index contributed by atoms with van der Waals surface area (Å²) in [5.74, 6) is 0.213. The van der Waals surface area contributed by atoms with E-state index in [0.717, 1.165) is 18.0 Å². The first kappa shape index (κ1) is 12.8. The van der Waals surface area contributed by atoms with Crippen molar-refractivity contribution in [1.82, 2.24) is 14.7 Å². The Morgan fingerprint density at radius 1 is 1.44 bits per heavy atom. The molecule has 1 aliphatic heterocycles. The fourth-order valence-corrected chi connectivity index (χ4v) is 2.51. The molecule has 0 aliphatic carbocycles. The third-order valence-electron chi connectivity index (χ3n) is 2.12. The molecule has 1 saturated heterocycles. The van der Waals surface area contributed by atoms with Crippen LogP contribution in [0.25, 0.3) is 0 Å². The van der Waals surface area contributed by atoms with Crippen LogP contribution in [0.3, 0.4) is 0 Å². The predicted octanol–water partition coefficient (Wildman–Crippen LogP) is 2.42. The van der Waals surface area contributed by atoms with Gasteiger partial charge in [0.1, 0.15) is 11.1 Å². The molecule has 1 aliphatic rings. The summed E-state index contributed by atoms with van der Waals surface area (Å²) in [4.78, 5) is 4.19. The number of halogens is 3. The van der Waals surface area contributed by atoms with E-state index < -0.39 is 3.79 Å². The average Bonchev–Trinajstić information content (AvgIpc) is 2.55. The lowest BCUT2D eigenvalue weighted by atomic mass is 10.3. The van der Waals surface area contributed by atoms with E-state index >= 15 is 0 Å². The Morgan fingerprint density at radius 2 is 2.25 bits per heavy atom. The number of alkyl halides is 3. The zero-order valence-corrected chi connectivity index (χ0v) is 11.3. The van der Waals surface area contributed by atoms with Crippen LogP contribution in [0.5, 0.6) is 0 Å². The van der Waals surface area contributed by atoms with Crippen LogP contribution in [-0.2, 0) is 8.53 Å². The van der Waals surface area contributed by atoms with Crippen molar-refractivity contribution >= 4 is 46.3 Å². The molecule has 1 atom stereocenters. The second-order valence-electron chi connectivity index (χ2n) is 3.37. The lowest BCUT2D eigenvalue weighted by Gasteiger charge is -2.11. The lowest BCUT2D eigenvalue weighted by Crippen LogP contribution is -2.20. The van der Waals surface area contributed by atoms with E-state index in [4.69, 9.17) is 39.5 Å². The molecule has 0 aromatic carbocycles. The van der Waals surface area contributed by atoms with Crippen molar-refractivity contribution < 1.29 is 4.74 Å². The largest absolute Gasteiger partial charge is 0.370 e. The van der Waals surface area contributed by atoms with Gasteiger partial charge in [0.15, 0.2) is 5.82 Å². The summed E-state index contributed by atoms with van der Waals surface area (Å²) in [6, 6.07) is 0. The Labute approximate surface area is 112 Å². The average molecular weight is 303 g/mol. The lowest BCUT2D eigenvalue weighted by molar-refractivity contribution is 0.0666. The van der Waals surface area contributed by atoms with Gasteiger partial charge in [-0.25, -0.2) is 4.98 Å². The minimum atomic E-state index is -1.56. The van der Waals surface area contributed by atoms with Crippen molar-refractivity contribution in [3.05, 3.63) is 10.8 Å². The Balaban J connectivity index is 2.11. The summed E-state index contributed by atoms with van der Waals surface area (Å²) in [5.41, 5.74) is 0. The Kier molecular flexibility index (Phi) is 4.26. The van der Waals surface area contributed by atoms with Gasteiger partial charge in [-0.05, 0) is 24.5 Å². The topological polar surface area (TPSA) is 47.0 Å². The monoisotopic (exact) mass is 301 g/mol. The van der Waals surface area contributed by atoms with Crippen LogP contribution < -0.4 is 5.32 Å². The zero-order chi connectivity index (χ0) is 11.6. The van der Waals surface area contributed by atoms with Gasteiger partial charge < -0.3 is 10.1 Å². The van der Waals surface area contributed by atoms with Gasteiger partial charge in [0.25, 0.3) is 3.79 Å². The summed E-state index contributed by atoms with van der Waals surface area (Å²) in [6.07, 6.45) is 0.896. The molecule has 16 heavy (non-hydrogen) atoms. The van der Waals surface area contributed by atoms with Gasteiger partial charge in [-0.1, -0.05) is 34.8 Å². The number of hydrogen-bond acceptors (Lipinski definition) is 5. The molecule has 1 fully saturated rings. The summed E-state index contributed by atoms with van der Waals surface area (Å²) >= 11 is 18.3. The Bertz CT molecular complexity index is 347. The van der Waals surface area contributed by atoms with Crippen molar-refractivity contribution in [2.24, 2.45) is 0 Å². The molecule has 0 spiro atoms. The number of aromatic nitrogens is 2. The molecule has 1 unspecified atom stereocenters. The standard InChI is InChI=1S/C8H10Cl3N3OS/c9-8(10,11)7-13-6(16-14-7)5-4-12-2-1-3-15-5/h5,12H,1-4H2. The second kappa shape index (κ2) is 5.33. The van der Waals surface area contributed by atoms with Crippen LogP contribution in [0, 0.1) is 0 Å². The second-order valence-corrected chi connectivity index (χ2v) is 6.44. The highest BCUT2D eigenvalue weighted by atomic mass is 35.6. The van der Waals surface area contributed by atoms with Crippen LogP contribution in [0.4, 0.5) is 0 Å². The normalized spacial score (nSPS) is 23.1. The van der Waals surface area contributed by atoms with Crippen molar-refractivity contribution in [2.75, 3.05) is 19.7 Å². The van der Waals surface area contributed by atoms with E-state index in [1.807, 2.05) is 0 Å². The van der Waals surface area contributed by atoms with E-state index in [1.54, 1.807) is 0 Å². The summed E-state index contributed by atoms with van der Waals surface area (Å²) < 4.78 is 8.09. The van der Waals surface area contributed by atoms with Gasteiger partial charge in [-0.3, -0.25) is 0 Å². The van der Waals surface area contributed by atoms with Gasteiger partial charge in [0.05, 0.1) is 0 Å². The van der Waals surface area contributed by atoms with Gasteiger partial charge in [0.2, 0.25) is 0 Å². The molecule has 2 heterocycles. The molecule has 1 N–H and O–H groups in total. The molecule has 1 aromatic heterocycles. The van der Waals surface area contributed by atoms with Gasteiger partial charge in [0, 0.05) is 13.2 Å². The Morgan fingerprint density at radius 3 is 2.94 bits per heavy atom. The van der Waals surface area contributed by atoms with Crippen LogP contribution in [0.2, 0.25) is 0 Å². The Hall–Kier alpha value is 0.350. The fraction of sp³-hybridized carbons (Fsp3) is 0.750. The van der Waals surface area contributed by atoms with E-state index in [2.05, 4.69) is 14.7 Å². The maximum absolute atomic E-state index is 5.70. The summed E-state index contributed by atoms with van der Waals surface area (Å²) in [5, 5.41) is 4.00. The van der Waals surface area contributed by atoms with Crippen molar-refractivity contribution in [3.8, 4) is 0 Å². The molecular formula is C8H10Cl3N3OS. The van der Waals surface area contributed by atoms with E-state index in [0.29, 0.717) is 13.2 Å². The van der Waals surface area contributed by atoms with Crippen LogP contribution >= 0.6 is 46.3 Å².